The van der Waals surface area contributed by atoms with Crippen molar-refractivity contribution in [1.29, 1.82) is 0 Å². The summed E-state index contributed by atoms with van der Waals surface area (Å²) in [6, 6.07) is 3.88. The number of nitrogens with zero attached hydrogens (tertiary/aromatic N) is 6. The van der Waals surface area contributed by atoms with Crippen LogP contribution >= 0.6 is 0 Å². The van der Waals surface area contributed by atoms with Gasteiger partial charge in [-0.2, -0.15) is 9.97 Å². The Balaban J connectivity index is 1.67. The molecule has 5 rings (SSSR count). The minimum atomic E-state index is -0.813. The molecule has 2 aromatic heterocycles. The molecule has 11 nitrogen and oxygen atoms in total. The van der Waals surface area contributed by atoms with Crippen molar-refractivity contribution in [3.63, 3.8) is 0 Å². The highest BCUT2D eigenvalue weighted by Crippen LogP contribution is 2.38. The van der Waals surface area contributed by atoms with Crippen molar-refractivity contribution < 1.29 is 19.2 Å². The van der Waals surface area contributed by atoms with Crippen molar-refractivity contribution in [1.82, 2.24) is 19.9 Å². The Morgan fingerprint density at radius 2 is 1.97 bits per heavy atom. The summed E-state index contributed by atoms with van der Waals surface area (Å²) >= 11 is 0. The number of aryl methyl sites for hydroxylation is 1. The number of amides is 1. The first kappa shape index (κ1) is 25.7. The summed E-state index contributed by atoms with van der Waals surface area (Å²) in [5.41, 5.74) is 0.653. The molecule has 0 saturated carbocycles. The Hall–Kier alpha value is -3.34. The lowest BCUT2D eigenvalue weighted by Crippen LogP contribution is -2.46. The van der Waals surface area contributed by atoms with Crippen LogP contribution in [0.4, 0.5) is 16.3 Å². The summed E-state index contributed by atoms with van der Waals surface area (Å²) < 4.78 is 11.0. The normalized spacial score (nSPS) is 21.2. The quantitative estimate of drug-likeness (QED) is 0.407. The van der Waals surface area contributed by atoms with Crippen molar-refractivity contribution >= 4 is 17.6 Å². The fraction of sp³-hybridized carbons (Fsp3) is 0.600. The number of nitro groups is 1. The molecule has 5 heterocycles. The van der Waals surface area contributed by atoms with E-state index >= 15 is 0 Å². The fourth-order valence-corrected chi connectivity index (χ4v) is 4.90. The van der Waals surface area contributed by atoms with Gasteiger partial charge in [0.2, 0.25) is 5.82 Å². The van der Waals surface area contributed by atoms with Gasteiger partial charge in [-0.25, -0.2) is 4.79 Å². The Labute approximate surface area is 211 Å². The van der Waals surface area contributed by atoms with Gasteiger partial charge in [0.15, 0.2) is 0 Å². The molecular weight excluding hydrogens is 464 g/mol. The van der Waals surface area contributed by atoms with E-state index in [4.69, 9.17) is 14.5 Å². The minimum Gasteiger partial charge on any atom is -0.464 e. The van der Waals surface area contributed by atoms with Crippen molar-refractivity contribution in [3.8, 4) is 6.01 Å². The molecule has 1 amide bonds. The van der Waals surface area contributed by atoms with Crippen molar-refractivity contribution in [2.75, 3.05) is 31.1 Å². The van der Waals surface area contributed by atoms with E-state index < -0.39 is 16.6 Å². The van der Waals surface area contributed by atoms with Crippen LogP contribution in [0.15, 0.2) is 18.3 Å². The van der Waals surface area contributed by atoms with E-state index in [0.717, 1.165) is 30.2 Å². The third-order valence-electron chi connectivity index (χ3n) is 6.57. The predicted molar refractivity (Wildman–Crippen MR) is 133 cm³/mol. The first-order chi connectivity index (χ1) is 17.1. The number of piperidine rings is 3. The molecule has 3 aliphatic heterocycles. The molecule has 1 unspecified atom stereocenters. The summed E-state index contributed by atoms with van der Waals surface area (Å²) in [5.74, 6) is 0.879. The van der Waals surface area contributed by atoms with Crippen LogP contribution in [0.2, 0.25) is 0 Å². The molecule has 194 valence electrons. The molecule has 0 aliphatic carbocycles. The Kier molecular flexibility index (Phi) is 7.39. The summed E-state index contributed by atoms with van der Waals surface area (Å²) in [4.78, 5) is 41.3. The fourth-order valence-electron chi connectivity index (χ4n) is 4.90. The molecule has 11 heteroatoms. The van der Waals surface area contributed by atoms with E-state index in [1.165, 1.54) is 19.8 Å². The predicted octanol–water partition coefficient (Wildman–Crippen LogP) is 4.24. The molecule has 3 fully saturated rings. The van der Waals surface area contributed by atoms with Gasteiger partial charge < -0.3 is 14.4 Å². The second-order valence-electron chi connectivity index (χ2n) is 10.4. The van der Waals surface area contributed by atoms with Gasteiger partial charge in [0.25, 0.3) is 0 Å². The summed E-state index contributed by atoms with van der Waals surface area (Å²) in [7, 11) is 0. The molecule has 0 N–H and O–H groups in total. The minimum absolute atomic E-state index is 0.00866. The third-order valence-corrected chi connectivity index (χ3v) is 6.57. The first-order valence-electron chi connectivity index (χ1n) is 12.4. The molecule has 0 aromatic carbocycles. The molecule has 3 saturated heterocycles. The molecule has 1 atom stereocenters. The Morgan fingerprint density at radius 1 is 1.25 bits per heavy atom. The van der Waals surface area contributed by atoms with Crippen LogP contribution in [0.25, 0.3) is 0 Å². The highest BCUT2D eigenvalue weighted by atomic mass is 16.6. The van der Waals surface area contributed by atoms with Gasteiger partial charge in [0.1, 0.15) is 11.3 Å². The number of hydrogen-bond acceptors (Lipinski definition) is 9. The van der Waals surface area contributed by atoms with Gasteiger partial charge in [-0.05, 0) is 78.1 Å². The summed E-state index contributed by atoms with van der Waals surface area (Å²) in [6.07, 6.45) is 3.36. The lowest BCUT2D eigenvalue weighted by molar-refractivity contribution is -0.385. The standard InChI is InChI=1S/C25H34N6O5/c1-6-35-23-27-16(2)21(31(33)34)22(28-23)30(24(32)36-25(3,4)5)14-17-7-8-20(26-13-17)19-15-29-11-9-18(19)10-12-29/h7-8,13,18-19H,6,9-12,14-15H2,1-5H3. The summed E-state index contributed by atoms with van der Waals surface area (Å²) in [5, 5.41) is 11.9. The van der Waals surface area contributed by atoms with Crippen LogP contribution in [-0.2, 0) is 11.3 Å². The maximum atomic E-state index is 13.3. The molecule has 36 heavy (non-hydrogen) atoms. The maximum absolute atomic E-state index is 13.3. The second-order valence-corrected chi connectivity index (χ2v) is 10.4. The number of carbonyl (C=O) groups excluding carboxylic acids is 1. The number of anilines is 1. The van der Waals surface area contributed by atoms with Crippen LogP contribution in [0, 0.1) is 23.0 Å². The molecule has 2 bridgehead atoms. The number of aromatic nitrogens is 3. The zero-order chi connectivity index (χ0) is 26.0. The number of fused-ring (bicyclic) bond motifs is 3. The zero-order valence-electron chi connectivity index (χ0n) is 21.6. The average molecular weight is 499 g/mol. The van der Waals surface area contributed by atoms with E-state index in [2.05, 4.69) is 14.9 Å². The third kappa shape index (κ3) is 5.72. The monoisotopic (exact) mass is 498 g/mol. The van der Waals surface area contributed by atoms with Gasteiger partial charge in [0.05, 0.1) is 18.1 Å². The van der Waals surface area contributed by atoms with Crippen LogP contribution in [0.3, 0.4) is 0 Å². The number of rotatable bonds is 7. The molecule has 0 spiro atoms. The first-order valence-corrected chi connectivity index (χ1v) is 12.4. The zero-order valence-corrected chi connectivity index (χ0v) is 21.6. The molecule has 2 aromatic rings. The topological polar surface area (TPSA) is 124 Å². The van der Waals surface area contributed by atoms with Crippen LogP contribution in [-0.4, -0.2) is 62.7 Å². The van der Waals surface area contributed by atoms with E-state index in [0.29, 0.717) is 17.4 Å². The summed E-state index contributed by atoms with van der Waals surface area (Å²) in [6.45, 7) is 12.1. The smallest absolute Gasteiger partial charge is 0.416 e. The number of carbonyl (C=O) groups is 1. The van der Waals surface area contributed by atoms with E-state index in [-0.39, 0.29) is 36.4 Å². The van der Waals surface area contributed by atoms with Gasteiger partial charge in [-0.15, -0.1) is 0 Å². The van der Waals surface area contributed by atoms with Gasteiger partial charge >= 0.3 is 17.8 Å². The maximum Gasteiger partial charge on any atom is 0.416 e. The van der Waals surface area contributed by atoms with Gasteiger partial charge in [0, 0.05) is 24.4 Å². The average Bonchev–Trinajstić information content (AvgIpc) is 2.82. The molecule has 0 radical (unpaired) electrons. The van der Waals surface area contributed by atoms with Crippen LogP contribution in [0.1, 0.15) is 63.4 Å². The highest BCUT2D eigenvalue weighted by Gasteiger charge is 2.36. The highest BCUT2D eigenvalue weighted by molar-refractivity contribution is 5.89. The number of pyridine rings is 1. The van der Waals surface area contributed by atoms with Crippen molar-refractivity contribution in [2.45, 2.75) is 65.5 Å². The Bertz CT molecular complexity index is 1110. The van der Waals surface area contributed by atoms with Crippen LogP contribution in [0.5, 0.6) is 6.01 Å². The lowest BCUT2D eigenvalue weighted by atomic mass is 9.77. The van der Waals surface area contributed by atoms with E-state index in [1.54, 1.807) is 33.9 Å². The largest absolute Gasteiger partial charge is 0.464 e. The van der Waals surface area contributed by atoms with Crippen molar-refractivity contribution in [3.05, 3.63) is 45.4 Å². The molecular formula is C25H34N6O5. The van der Waals surface area contributed by atoms with E-state index in [1.807, 2.05) is 12.1 Å². The number of hydrogen-bond donors (Lipinski definition) is 0. The number of ether oxygens (including phenoxy) is 2. The Morgan fingerprint density at radius 3 is 2.50 bits per heavy atom. The SMILES string of the molecule is CCOc1nc(C)c([N+](=O)[O-])c(N(Cc2ccc(C3CN4CCC3CC4)nc2)C(=O)OC(C)(C)C)n1. The lowest BCUT2D eigenvalue weighted by Gasteiger charge is -2.44. The van der Waals surface area contributed by atoms with E-state index in [9.17, 15) is 14.9 Å². The molecule has 3 aliphatic rings. The van der Waals surface area contributed by atoms with Crippen LogP contribution < -0.4 is 9.64 Å². The van der Waals surface area contributed by atoms with Gasteiger partial charge in [-0.1, -0.05) is 6.07 Å². The second kappa shape index (κ2) is 10.3. The van der Waals surface area contributed by atoms with Crippen molar-refractivity contribution in [2.24, 2.45) is 5.92 Å². The van der Waals surface area contributed by atoms with Gasteiger partial charge in [-0.3, -0.25) is 20.0 Å².